The first-order valence-corrected chi connectivity index (χ1v) is 12.2. The van der Waals surface area contributed by atoms with Crippen LogP contribution in [0.25, 0.3) is 27.9 Å². The summed E-state index contributed by atoms with van der Waals surface area (Å²) in [5, 5.41) is 0.859. The third-order valence-electron chi connectivity index (χ3n) is 6.28. The summed E-state index contributed by atoms with van der Waals surface area (Å²) < 4.78 is 51.6. The molecule has 7 nitrogen and oxygen atoms in total. The van der Waals surface area contributed by atoms with Crippen LogP contribution in [-0.4, -0.2) is 32.7 Å². The summed E-state index contributed by atoms with van der Waals surface area (Å²) >= 11 is 0. The minimum absolute atomic E-state index is 0.266. The number of pyridine rings is 2. The van der Waals surface area contributed by atoms with Crippen LogP contribution in [0.2, 0.25) is 0 Å². The van der Waals surface area contributed by atoms with Crippen molar-refractivity contribution < 1.29 is 27.1 Å². The number of fused-ring (bicyclic) bond motifs is 3. The molecule has 0 saturated carbocycles. The van der Waals surface area contributed by atoms with Gasteiger partial charge < -0.3 is 14.1 Å². The molecule has 4 heterocycles. The van der Waals surface area contributed by atoms with Crippen molar-refractivity contribution in [3.05, 3.63) is 82.1 Å². The molecule has 0 radical (unpaired) electrons. The normalized spacial score (nSPS) is 14.3. The Balaban J connectivity index is 1.42. The van der Waals surface area contributed by atoms with Crippen molar-refractivity contribution in [2.75, 3.05) is 6.54 Å². The van der Waals surface area contributed by atoms with E-state index in [4.69, 9.17) is 9.15 Å². The van der Waals surface area contributed by atoms with Crippen LogP contribution >= 0.6 is 0 Å². The summed E-state index contributed by atoms with van der Waals surface area (Å²) in [5.74, 6) is 0.805. The lowest BCUT2D eigenvalue weighted by molar-refractivity contribution is -0.137. The van der Waals surface area contributed by atoms with Crippen molar-refractivity contribution in [2.45, 2.75) is 51.9 Å². The SMILES string of the molecule is CC(C)(C)OC(=O)N1CCCc2oc3cc(-n4ccc(-c5ccc(C(F)(F)F)cn5)cc4=O)ccc3c2C1. The lowest BCUT2D eigenvalue weighted by Crippen LogP contribution is -2.36. The second-order valence-electron chi connectivity index (χ2n) is 10.2. The number of hydrogen-bond donors (Lipinski definition) is 0. The molecule has 38 heavy (non-hydrogen) atoms. The van der Waals surface area contributed by atoms with E-state index >= 15 is 0 Å². The quantitative estimate of drug-likeness (QED) is 0.305. The second-order valence-corrected chi connectivity index (χ2v) is 10.2. The smallest absolute Gasteiger partial charge is 0.417 e. The lowest BCUT2D eigenvalue weighted by Gasteiger charge is -2.26. The molecular weight excluding hydrogens is 499 g/mol. The minimum Gasteiger partial charge on any atom is -0.461 e. The highest BCUT2D eigenvalue weighted by Gasteiger charge is 2.31. The minimum atomic E-state index is -4.48. The van der Waals surface area contributed by atoms with Crippen LogP contribution < -0.4 is 5.56 Å². The Bertz CT molecular complexity index is 1560. The molecule has 5 rings (SSSR count). The van der Waals surface area contributed by atoms with Gasteiger partial charge in [0, 0.05) is 54.0 Å². The summed E-state index contributed by atoms with van der Waals surface area (Å²) in [6.45, 7) is 6.42. The van der Waals surface area contributed by atoms with E-state index in [1.165, 1.54) is 16.7 Å². The summed E-state index contributed by atoms with van der Waals surface area (Å²) in [7, 11) is 0. The van der Waals surface area contributed by atoms with Gasteiger partial charge in [0.2, 0.25) is 0 Å². The predicted octanol–water partition coefficient (Wildman–Crippen LogP) is 6.35. The average Bonchev–Trinajstić information content (AvgIpc) is 3.03. The zero-order chi connectivity index (χ0) is 27.2. The fourth-order valence-corrected chi connectivity index (χ4v) is 4.48. The van der Waals surface area contributed by atoms with Gasteiger partial charge >= 0.3 is 12.3 Å². The number of furan rings is 1. The Labute approximate surface area is 216 Å². The number of rotatable bonds is 2. The summed E-state index contributed by atoms with van der Waals surface area (Å²) in [4.78, 5) is 31.1. The highest BCUT2D eigenvalue weighted by molar-refractivity contribution is 5.85. The van der Waals surface area contributed by atoms with Gasteiger partial charge in [-0.15, -0.1) is 0 Å². The van der Waals surface area contributed by atoms with Crippen molar-refractivity contribution in [3.63, 3.8) is 0 Å². The molecule has 1 aliphatic rings. The van der Waals surface area contributed by atoms with Gasteiger partial charge in [-0.25, -0.2) is 4.79 Å². The third kappa shape index (κ3) is 5.16. The largest absolute Gasteiger partial charge is 0.461 e. The van der Waals surface area contributed by atoms with Crippen LogP contribution in [0.4, 0.5) is 18.0 Å². The first kappa shape index (κ1) is 25.6. The van der Waals surface area contributed by atoms with Gasteiger partial charge in [-0.2, -0.15) is 13.2 Å². The Morgan fingerprint density at radius 2 is 1.87 bits per heavy atom. The number of nitrogens with zero attached hydrogens (tertiary/aromatic N) is 3. The van der Waals surface area contributed by atoms with Crippen LogP contribution in [-0.2, 0) is 23.9 Å². The van der Waals surface area contributed by atoms with E-state index in [0.717, 1.165) is 35.4 Å². The van der Waals surface area contributed by atoms with Gasteiger partial charge in [-0.05, 0) is 57.5 Å². The van der Waals surface area contributed by atoms with Crippen molar-refractivity contribution >= 4 is 17.1 Å². The third-order valence-corrected chi connectivity index (χ3v) is 6.28. The molecule has 0 spiro atoms. The number of amides is 1. The highest BCUT2D eigenvalue weighted by Crippen LogP contribution is 2.33. The zero-order valence-corrected chi connectivity index (χ0v) is 21.1. The maximum absolute atomic E-state index is 12.9. The van der Waals surface area contributed by atoms with Gasteiger partial charge in [0.25, 0.3) is 5.56 Å². The number of alkyl halides is 3. The van der Waals surface area contributed by atoms with Crippen molar-refractivity contribution in [2.24, 2.45) is 0 Å². The molecule has 198 valence electrons. The molecule has 0 unspecified atom stereocenters. The van der Waals surface area contributed by atoms with E-state index in [1.54, 1.807) is 29.3 Å². The van der Waals surface area contributed by atoms with E-state index < -0.39 is 17.3 Å². The molecule has 10 heteroatoms. The van der Waals surface area contributed by atoms with Gasteiger partial charge in [0.1, 0.15) is 16.9 Å². The Kier molecular flexibility index (Phi) is 6.28. The van der Waals surface area contributed by atoms with Crippen LogP contribution in [0.5, 0.6) is 0 Å². The standard InChI is InChI=1S/C28H26F3N3O4/c1-27(2,3)38-26(36)33-11-4-5-23-21(16-33)20-8-7-19(14-24(20)37-23)34-12-10-17(13-25(34)35)22-9-6-18(15-32-22)28(29,30)31/h6-10,12-15H,4-5,11,16H2,1-3H3. The topological polar surface area (TPSA) is 77.6 Å². The molecule has 3 aromatic heterocycles. The molecule has 1 aliphatic heterocycles. The number of aromatic nitrogens is 2. The summed E-state index contributed by atoms with van der Waals surface area (Å²) in [6.07, 6.45) is -1.14. The monoisotopic (exact) mass is 525 g/mol. The molecule has 4 aromatic rings. The second kappa shape index (κ2) is 9.34. The molecule has 0 aliphatic carbocycles. The molecule has 0 N–H and O–H groups in total. The number of benzene rings is 1. The highest BCUT2D eigenvalue weighted by atomic mass is 19.4. The van der Waals surface area contributed by atoms with Crippen molar-refractivity contribution in [3.8, 4) is 16.9 Å². The number of aryl methyl sites for hydroxylation is 1. The fourth-order valence-electron chi connectivity index (χ4n) is 4.48. The number of carbonyl (C=O) groups excluding carboxylic acids is 1. The van der Waals surface area contributed by atoms with Gasteiger partial charge in [0.15, 0.2) is 0 Å². The van der Waals surface area contributed by atoms with Crippen LogP contribution in [0, 0.1) is 0 Å². The van der Waals surface area contributed by atoms with E-state index in [-0.39, 0.29) is 17.3 Å². The Morgan fingerprint density at radius 1 is 1.08 bits per heavy atom. The Hall–Kier alpha value is -4.08. The molecule has 0 fully saturated rings. The van der Waals surface area contributed by atoms with Crippen molar-refractivity contribution in [1.82, 2.24) is 14.5 Å². The number of halogens is 3. The van der Waals surface area contributed by atoms with E-state index in [2.05, 4.69) is 4.98 Å². The van der Waals surface area contributed by atoms with Gasteiger partial charge in [-0.3, -0.25) is 14.3 Å². The zero-order valence-electron chi connectivity index (χ0n) is 21.1. The molecular formula is C28H26F3N3O4. The van der Waals surface area contributed by atoms with E-state index in [0.29, 0.717) is 36.3 Å². The van der Waals surface area contributed by atoms with E-state index in [1.807, 2.05) is 26.8 Å². The van der Waals surface area contributed by atoms with Gasteiger partial charge in [0.05, 0.1) is 23.5 Å². The number of ether oxygens (including phenoxy) is 1. The van der Waals surface area contributed by atoms with Crippen LogP contribution in [0.1, 0.15) is 44.1 Å². The summed E-state index contributed by atoms with van der Waals surface area (Å²) in [6, 6.07) is 10.5. The molecule has 0 atom stereocenters. The maximum Gasteiger partial charge on any atom is 0.417 e. The molecule has 0 bridgehead atoms. The number of carbonyl (C=O) groups is 1. The summed E-state index contributed by atoms with van der Waals surface area (Å²) in [5.41, 5.74) is 0.953. The van der Waals surface area contributed by atoms with E-state index in [9.17, 15) is 22.8 Å². The predicted molar refractivity (Wildman–Crippen MR) is 135 cm³/mol. The van der Waals surface area contributed by atoms with Crippen molar-refractivity contribution in [1.29, 1.82) is 0 Å². The average molecular weight is 526 g/mol. The Morgan fingerprint density at radius 3 is 2.53 bits per heavy atom. The molecule has 1 aromatic carbocycles. The number of hydrogen-bond acceptors (Lipinski definition) is 5. The first-order valence-electron chi connectivity index (χ1n) is 12.2. The molecule has 1 amide bonds. The van der Waals surface area contributed by atoms with Gasteiger partial charge in [-0.1, -0.05) is 0 Å². The fraction of sp³-hybridized carbons (Fsp3) is 0.321. The first-order chi connectivity index (χ1) is 17.9. The molecule has 0 saturated heterocycles. The lowest BCUT2D eigenvalue weighted by atomic mass is 10.1. The van der Waals surface area contributed by atoms with Crippen LogP contribution in [0.3, 0.4) is 0 Å². The maximum atomic E-state index is 12.9. The van der Waals surface area contributed by atoms with Crippen LogP contribution in [0.15, 0.2) is 64.1 Å².